The van der Waals surface area contributed by atoms with E-state index in [0.29, 0.717) is 0 Å². The molecule has 3 unspecified atom stereocenters. The number of amides is 1. The van der Waals surface area contributed by atoms with E-state index in [9.17, 15) is 9.18 Å². The van der Waals surface area contributed by atoms with Gasteiger partial charge in [-0.25, -0.2) is 4.39 Å². The van der Waals surface area contributed by atoms with Crippen molar-refractivity contribution in [2.24, 2.45) is 11.7 Å². The molecule has 1 fully saturated rings. The maximum absolute atomic E-state index is 13.1. The Morgan fingerprint density at radius 2 is 2.28 bits per heavy atom. The standard InChI is InChI=1S/C14H19FN2O/c1-9(10-4-2-5-11(15)8-10)17-14(18)12-6-3-7-13(12)16/h2,4-5,8-9,12-13H,3,6-7,16H2,1H3,(H,17,18). The summed E-state index contributed by atoms with van der Waals surface area (Å²) in [6.07, 6.45) is 2.77. The zero-order chi connectivity index (χ0) is 13.1. The maximum Gasteiger partial charge on any atom is 0.225 e. The average Bonchev–Trinajstić information content (AvgIpc) is 2.75. The van der Waals surface area contributed by atoms with Crippen LogP contribution < -0.4 is 11.1 Å². The Labute approximate surface area is 107 Å². The van der Waals surface area contributed by atoms with E-state index in [-0.39, 0.29) is 29.7 Å². The van der Waals surface area contributed by atoms with Crippen molar-refractivity contribution in [1.82, 2.24) is 5.32 Å². The molecule has 0 aromatic heterocycles. The maximum atomic E-state index is 13.1. The molecule has 3 atom stereocenters. The molecule has 3 N–H and O–H groups in total. The number of benzene rings is 1. The molecule has 0 bridgehead atoms. The summed E-state index contributed by atoms with van der Waals surface area (Å²) in [5.41, 5.74) is 6.67. The first-order valence-electron chi connectivity index (χ1n) is 6.39. The molecule has 0 heterocycles. The van der Waals surface area contributed by atoms with Gasteiger partial charge in [-0.2, -0.15) is 0 Å². The van der Waals surface area contributed by atoms with Gasteiger partial charge in [0.1, 0.15) is 5.82 Å². The third-order valence-corrected chi connectivity index (χ3v) is 3.61. The number of hydrogen-bond acceptors (Lipinski definition) is 2. The lowest BCUT2D eigenvalue weighted by Gasteiger charge is -2.19. The molecular weight excluding hydrogens is 231 g/mol. The quantitative estimate of drug-likeness (QED) is 0.863. The number of nitrogens with one attached hydrogen (secondary N) is 1. The lowest BCUT2D eigenvalue weighted by molar-refractivity contribution is -0.125. The first kappa shape index (κ1) is 13.0. The normalized spacial score (nSPS) is 24.8. The van der Waals surface area contributed by atoms with Crippen LogP contribution in [0.5, 0.6) is 0 Å². The molecule has 3 nitrogen and oxygen atoms in total. The molecular formula is C14H19FN2O. The number of halogens is 1. The zero-order valence-corrected chi connectivity index (χ0v) is 10.5. The van der Waals surface area contributed by atoms with Crippen molar-refractivity contribution in [3.8, 4) is 0 Å². The second kappa shape index (κ2) is 5.48. The number of carbonyl (C=O) groups excluding carboxylic acids is 1. The largest absolute Gasteiger partial charge is 0.349 e. The van der Waals surface area contributed by atoms with E-state index in [1.165, 1.54) is 12.1 Å². The van der Waals surface area contributed by atoms with Crippen LogP contribution in [0.3, 0.4) is 0 Å². The summed E-state index contributed by atoms with van der Waals surface area (Å²) >= 11 is 0. The third kappa shape index (κ3) is 2.88. The summed E-state index contributed by atoms with van der Waals surface area (Å²) in [5.74, 6) is -0.399. The van der Waals surface area contributed by atoms with Crippen LogP contribution in [0.25, 0.3) is 0 Å². The van der Waals surface area contributed by atoms with Crippen LogP contribution in [-0.4, -0.2) is 11.9 Å². The van der Waals surface area contributed by atoms with Crippen molar-refractivity contribution in [3.05, 3.63) is 35.6 Å². The van der Waals surface area contributed by atoms with Gasteiger partial charge in [0.25, 0.3) is 0 Å². The predicted octanol–water partition coefficient (Wildman–Crippen LogP) is 2.13. The van der Waals surface area contributed by atoms with Crippen LogP contribution >= 0.6 is 0 Å². The van der Waals surface area contributed by atoms with Gasteiger partial charge >= 0.3 is 0 Å². The Kier molecular flexibility index (Phi) is 3.97. The lowest BCUT2D eigenvalue weighted by atomic mass is 10.0. The summed E-state index contributed by atoms with van der Waals surface area (Å²) < 4.78 is 13.1. The Balaban J connectivity index is 1.98. The van der Waals surface area contributed by atoms with Crippen LogP contribution in [0, 0.1) is 11.7 Å². The zero-order valence-electron chi connectivity index (χ0n) is 10.5. The van der Waals surface area contributed by atoms with Gasteiger partial charge in [-0.05, 0) is 37.5 Å². The monoisotopic (exact) mass is 250 g/mol. The summed E-state index contributed by atoms with van der Waals surface area (Å²) in [6.45, 7) is 1.85. The fraction of sp³-hybridized carbons (Fsp3) is 0.500. The first-order valence-corrected chi connectivity index (χ1v) is 6.39. The second-order valence-electron chi connectivity index (χ2n) is 4.99. The summed E-state index contributed by atoms with van der Waals surface area (Å²) in [4.78, 5) is 12.0. The van der Waals surface area contributed by atoms with Crippen LogP contribution in [0.4, 0.5) is 4.39 Å². The fourth-order valence-corrected chi connectivity index (χ4v) is 2.49. The third-order valence-electron chi connectivity index (χ3n) is 3.61. The van der Waals surface area contributed by atoms with Crippen molar-refractivity contribution in [2.75, 3.05) is 0 Å². The molecule has 2 rings (SSSR count). The van der Waals surface area contributed by atoms with E-state index < -0.39 is 0 Å². The molecule has 1 aliphatic rings. The van der Waals surface area contributed by atoms with Crippen molar-refractivity contribution < 1.29 is 9.18 Å². The van der Waals surface area contributed by atoms with Gasteiger partial charge in [0.15, 0.2) is 0 Å². The molecule has 1 saturated carbocycles. The van der Waals surface area contributed by atoms with Crippen molar-refractivity contribution in [1.29, 1.82) is 0 Å². The van der Waals surface area contributed by atoms with Gasteiger partial charge in [-0.3, -0.25) is 4.79 Å². The highest BCUT2D eigenvalue weighted by Gasteiger charge is 2.30. The van der Waals surface area contributed by atoms with Gasteiger partial charge in [-0.1, -0.05) is 18.6 Å². The van der Waals surface area contributed by atoms with Gasteiger partial charge in [0.2, 0.25) is 5.91 Å². The highest BCUT2D eigenvalue weighted by atomic mass is 19.1. The molecule has 4 heteroatoms. The Bertz CT molecular complexity index is 436. The van der Waals surface area contributed by atoms with E-state index in [0.717, 1.165) is 24.8 Å². The SMILES string of the molecule is CC(NC(=O)C1CCCC1N)c1cccc(F)c1. The van der Waals surface area contributed by atoms with E-state index in [1.807, 2.05) is 13.0 Å². The summed E-state index contributed by atoms with van der Waals surface area (Å²) in [5, 5.41) is 2.91. The average molecular weight is 250 g/mol. The highest BCUT2D eigenvalue weighted by molar-refractivity contribution is 5.80. The predicted molar refractivity (Wildman–Crippen MR) is 68.3 cm³/mol. The molecule has 0 radical (unpaired) electrons. The van der Waals surface area contributed by atoms with Gasteiger partial charge in [0.05, 0.1) is 12.0 Å². The lowest BCUT2D eigenvalue weighted by Crippen LogP contribution is -2.39. The van der Waals surface area contributed by atoms with Crippen LogP contribution in [0.15, 0.2) is 24.3 Å². The molecule has 98 valence electrons. The van der Waals surface area contributed by atoms with Crippen LogP contribution in [0.2, 0.25) is 0 Å². The topological polar surface area (TPSA) is 55.1 Å². The number of nitrogens with two attached hydrogens (primary N) is 1. The van der Waals surface area contributed by atoms with E-state index in [1.54, 1.807) is 6.07 Å². The van der Waals surface area contributed by atoms with Gasteiger partial charge in [0, 0.05) is 6.04 Å². The molecule has 1 aliphatic carbocycles. The Morgan fingerprint density at radius 3 is 2.89 bits per heavy atom. The summed E-state index contributed by atoms with van der Waals surface area (Å²) in [7, 11) is 0. The minimum Gasteiger partial charge on any atom is -0.349 e. The first-order chi connectivity index (χ1) is 8.58. The van der Waals surface area contributed by atoms with E-state index in [2.05, 4.69) is 5.32 Å². The van der Waals surface area contributed by atoms with Crippen LogP contribution in [0.1, 0.15) is 37.8 Å². The molecule has 0 spiro atoms. The van der Waals surface area contributed by atoms with Crippen LogP contribution in [-0.2, 0) is 4.79 Å². The van der Waals surface area contributed by atoms with Gasteiger partial charge in [-0.15, -0.1) is 0 Å². The van der Waals surface area contributed by atoms with Crippen molar-refractivity contribution in [3.63, 3.8) is 0 Å². The van der Waals surface area contributed by atoms with Crippen molar-refractivity contribution >= 4 is 5.91 Å². The number of carbonyl (C=O) groups is 1. The number of hydrogen-bond donors (Lipinski definition) is 2. The minimum absolute atomic E-state index is 0.0169. The van der Waals surface area contributed by atoms with Gasteiger partial charge < -0.3 is 11.1 Å². The second-order valence-corrected chi connectivity index (χ2v) is 4.99. The number of rotatable bonds is 3. The Hall–Kier alpha value is -1.42. The smallest absolute Gasteiger partial charge is 0.225 e. The molecule has 0 aliphatic heterocycles. The molecule has 1 aromatic rings. The highest BCUT2D eigenvalue weighted by Crippen LogP contribution is 2.25. The molecule has 0 saturated heterocycles. The summed E-state index contributed by atoms with van der Waals surface area (Å²) in [6, 6.07) is 6.06. The van der Waals surface area contributed by atoms with E-state index >= 15 is 0 Å². The molecule has 18 heavy (non-hydrogen) atoms. The Morgan fingerprint density at radius 1 is 1.50 bits per heavy atom. The minimum atomic E-state index is -0.286. The van der Waals surface area contributed by atoms with Crippen molar-refractivity contribution in [2.45, 2.75) is 38.3 Å². The molecule has 1 aromatic carbocycles. The molecule has 1 amide bonds. The van der Waals surface area contributed by atoms with E-state index in [4.69, 9.17) is 5.73 Å². The fourth-order valence-electron chi connectivity index (χ4n) is 2.49.